The second-order valence-electron chi connectivity index (χ2n) is 6.08. The van der Waals surface area contributed by atoms with Crippen molar-refractivity contribution in [1.82, 2.24) is 0 Å². The Kier molecular flexibility index (Phi) is 5.39. The van der Waals surface area contributed by atoms with Crippen molar-refractivity contribution in [2.75, 3.05) is 11.9 Å². The SMILES string of the molecule is O=C(C[NH+](Cc1ccc(F)cc1)C1CC1)Nc1cc(Cl)ccc1Cl. The van der Waals surface area contributed by atoms with Gasteiger partial charge in [-0.2, -0.15) is 0 Å². The number of benzene rings is 2. The summed E-state index contributed by atoms with van der Waals surface area (Å²) in [6.45, 7) is 1.03. The summed E-state index contributed by atoms with van der Waals surface area (Å²) in [6, 6.07) is 11.9. The number of carbonyl (C=O) groups is 1. The topological polar surface area (TPSA) is 33.5 Å². The molecule has 1 atom stereocenters. The normalized spacial score (nSPS) is 15.1. The molecular weight excluding hydrogens is 350 g/mol. The molecular formula is C18H18Cl2FN2O+. The highest BCUT2D eigenvalue weighted by molar-refractivity contribution is 6.35. The van der Waals surface area contributed by atoms with Crippen LogP contribution >= 0.6 is 23.2 Å². The molecule has 2 N–H and O–H groups in total. The summed E-state index contributed by atoms with van der Waals surface area (Å²) < 4.78 is 13.0. The number of quaternary nitrogens is 1. The predicted molar refractivity (Wildman–Crippen MR) is 94.0 cm³/mol. The molecule has 2 aromatic rings. The Morgan fingerprint density at radius 3 is 2.54 bits per heavy atom. The van der Waals surface area contributed by atoms with Gasteiger partial charge in [-0.15, -0.1) is 0 Å². The summed E-state index contributed by atoms with van der Waals surface area (Å²) in [5.74, 6) is -0.358. The zero-order valence-electron chi connectivity index (χ0n) is 13.0. The van der Waals surface area contributed by atoms with Gasteiger partial charge in [-0.1, -0.05) is 35.3 Å². The highest BCUT2D eigenvalue weighted by Crippen LogP contribution is 2.25. The van der Waals surface area contributed by atoms with E-state index in [0.717, 1.165) is 18.4 Å². The van der Waals surface area contributed by atoms with E-state index in [1.165, 1.54) is 17.0 Å². The Labute approximate surface area is 150 Å². The molecule has 0 saturated heterocycles. The van der Waals surface area contributed by atoms with E-state index in [-0.39, 0.29) is 11.7 Å². The lowest BCUT2D eigenvalue weighted by Gasteiger charge is -2.19. The van der Waals surface area contributed by atoms with Gasteiger partial charge in [0, 0.05) is 23.4 Å². The van der Waals surface area contributed by atoms with Crippen molar-refractivity contribution in [3.05, 3.63) is 63.9 Å². The van der Waals surface area contributed by atoms with Gasteiger partial charge < -0.3 is 10.2 Å². The second kappa shape index (κ2) is 7.51. The van der Waals surface area contributed by atoms with Crippen LogP contribution < -0.4 is 10.2 Å². The first kappa shape index (κ1) is 17.2. The van der Waals surface area contributed by atoms with Crippen LogP contribution in [0, 0.1) is 5.82 Å². The maximum Gasteiger partial charge on any atom is 0.279 e. The van der Waals surface area contributed by atoms with Gasteiger partial charge in [0.25, 0.3) is 5.91 Å². The van der Waals surface area contributed by atoms with E-state index in [9.17, 15) is 9.18 Å². The monoisotopic (exact) mass is 367 g/mol. The van der Waals surface area contributed by atoms with E-state index in [2.05, 4.69) is 5.32 Å². The highest BCUT2D eigenvalue weighted by Gasteiger charge is 2.34. The van der Waals surface area contributed by atoms with Gasteiger partial charge in [0.15, 0.2) is 6.54 Å². The first-order valence-electron chi connectivity index (χ1n) is 7.85. The molecule has 24 heavy (non-hydrogen) atoms. The smallest absolute Gasteiger partial charge is 0.279 e. The molecule has 2 aromatic carbocycles. The van der Waals surface area contributed by atoms with Crippen molar-refractivity contribution in [3.8, 4) is 0 Å². The van der Waals surface area contributed by atoms with Crippen LogP contribution in [-0.4, -0.2) is 18.5 Å². The summed E-state index contributed by atoms with van der Waals surface area (Å²) in [5, 5.41) is 3.80. The molecule has 1 aliphatic carbocycles. The zero-order valence-corrected chi connectivity index (χ0v) is 14.5. The van der Waals surface area contributed by atoms with Gasteiger partial charge in [-0.25, -0.2) is 4.39 Å². The lowest BCUT2D eigenvalue weighted by Crippen LogP contribution is -3.13. The van der Waals surface area contributed by atoms with Gasteiger partial charge in [-0.05, 0) is 30.3 Å². The van der Waals surface area contributed by atoms with Crippen molar-refractivity contribution in [3.63, 3.8) is 0 Å². The first-order chi connectivity index (χ1) is 11.5. The summed E-state index contributed by atoms with van der Waals surface area (Å²) in [6.07, 6.45) is 2.23. The van der Waals surface area contributed by atoms with Crippen LogP contribution in [-0.2, 0) is 11.3 Å². The maximum absolute atomic E-state index is 13.0. The molecule has 1 aliphatic rings. The van der Waals surface area contributed by atoms with Gasteiger partial charge >= 0.3 is 0 Å². The standard InChI is InChI=1S/C18H17Cl2FN2O/c19-13-3-8-16(20)17(9-13)22-18(24)11-23(15-6-7-15)10-12-1-4-14(21)5-2-12/h1-5,8-9,15H,6-7,10-11H2,(H,22,24)/p+1. The fraction of sp³-hybridized carbons (Fsp3) is 0.278. The average molecular weight is 368 g/mol. The third-order valence-corrected chi connectivity index (χ3v) is 4.65. The van der Waals surface area contributed by atoms with E-state index in [1.54, 1.807) is 30.3 Å². The van der Waals surface area contributed by atoms with Gasteiger partial charge in [-0.3, -0.25) is 4.79 Å². The molecule has 1 saturated carbocycles. The summed E-state index contributed by atoms with van der Waals surface area (Å²) in [4.78, 5) is 13.5. The van der Waals surface area contributed by atoms with Crippen LogP contribution in [0.25, 0.3) is 0 Å². The Bertz CT molecular complexity index is 732. The molecule has 1 fully saturated rings. The van der Waals surface area contributed by atoms with Crippen molar-refractivity contribution >= 4 is 34.8 Å². The highest BCUT2D eigenvalue weighted by atomic mass is 35.5. The molecule has 6 heteroatoms. The molecule has 126 valence electrons. The maximum atomic E-state index is 13.0. The van der Waals surface area contributed by atoms with E-state index in [0.29, 0.717) is 34.9 Å². The Morgan fingerprint density at radius 2 is 1.88 bits per heavy atom. The fourth-order valence-corrected chi connectivity index (χ4v) is 3.04. The fourth-order valence-electron chi connectivity index (χ4n) is 2.70. The quantitative estimate of drug-likeness (QED) is 0.806. The van der Waals surface area contributed by atoms with E-state index >= 15 is 0 Å². The van der Waals surface area contributed by atoms with Crippen LogP contribution in [0.5, 0.6) is 0 Å². The number of carbonyl (C=O) groups excluding carboxylic acids is 1. The number of anilines is 1. The zero-order chi connectivity index (χ0) is 17.1. The summed E-state index contributed by atoms with van der Waals surface area (Å²) in [5.41, 5.74) is 1.54. The van der Waals surface area contributed by atoms with E-state index in [1.807, 2.05) is 0 Å². The average Bonchev–Trinajstić information content (AvgIpc) is 3.37. The summed E-state index contributed by atoms with van der Waals surface area (Å²) in [7, 11) is 0. The van der Waals surface area contributed by atoms with Crippen molar-refractivity contribution in [2.45, 2.75) is 25.4 Å². The third-order valence-electron chi connectivity index (χ3n) is 4.09. The lowest BCUT2D eigenvalue weighted by molar-refractivity contribution is -0.916. The molecule has 0 spiro atoms. The molecule has 0 aromatic heterocycles. The molecule has 0 aliphatic heterocycles. The minimum Gasteiger partial charge on any atom is -0.321 e. The van der Waals surface area contributed by atoms with Crippen molar-refractivity contribution < 1.29 is 14.1 Å². The third kappa shape index (κ3) is 4.69. The Morgan fingerprint density at radius 1 is 1.17 bits per heavy atom. The minimum absolute atomic E-state index is 0.108. The van der Waals surface area contributed by atoms with Crippen molar-refractivity contribution in [2.24, 2.45) is 0 Å². The predicted octanol–water partition coefficient (Wildman–Crippen LogP) is 3.32. The minimum atomic E-state index is -0.250. The first-order valence-corrected chi connectivity index (χ1v) is 8.61. The largest absolute Gasteiger partial charge is 0.321 e. The van der Waals surface area contributed by atoms with Gasteiger partial charge in [0.1, 0.15) is 12.4 Å². The van der Waals surface area contributed by atoms with E-state index in [4.69, 9.17) is 23.2 Å². The Balaban J connectivity index is 1.63. The number of halogens is 3. The van der Waals surface area contributed by atoms with Crippen LogP contribution in [0.1, 0.15) is 18.4 Å². The van der Waals surface area contributed by atoms with Gasteiger partial charge in [0.05, 0.1) is 16.8 Å². The molecule has 0 radical (unpaired) electrons. The van der Waals surface area contributed by atoms with Crippen molar-refractivity contribution in [1.29, 1.82) is 0 Å². The molecule has 1 amide bonds. The molecule has 1 unspecified atom stereocenters. The molecule has 3 nitrogen and oxygen atoms in total. The second-order valence-corrected chi connectivity index (χ2v) is 6.93. The Hall–Kier alpha value is -1.62. The van der Waals surface area contributed by atoms with Crippen LogP contribution in [0.4, 0.5) is 10.1 Å². The van der Waals surface area contributed by atoms with Crippen LogP contribution in [0.15, 0.2) is 42.5 Å². The van der Waals surface area contributed by atoms with Crippen LogP contribution in [0.3, 0.4) is 0 Å². The lowest BCUT2D eigenvalue weighted by atomic mass is 10.2. The van der Waals surface area contributed by atoms with Crippen LogP contribution in [0.2, 0.25) is 10.0 Å². The molecule has 3 rings (SSSR count). The number of nitrogens with one attached hydrogen (secondary N) is 2. The number of hydrogen-bond donors (Lipinski definition) is 2. The number of amides is 1. The molecule has 0 heterocycles. The summed E-state index contributed by atoms with van der Waals surface area (Å²) >= 11 is 12.0. The van der Waals surface area contributed by atoms with E-state index < -0.39 is 0 Å². The number of hydrogen-bond acceptors (Lipinski definition) is 1. The van der Waals surface area contributed by atoms with Gasteiger partial charge in [0.2, 0.25) is 0 Å². The number of rotatable bonds is 6. The molecule has 0 bridgehead atoms.